The number of piperidine rings is 1. The molecule has 1 fully saturated rings. The highest BCUT2D eigenvalue weighted by Crippen LogP contribution is 2.17. The van der Waals surface area contributed by atoms with Crippen LogP contribution in [0.25, 0.3) is 0 Å². The number of primary amides is 1. The Kier molecular flexibility index (Phi) is 5.30. The number of rotatable bonds is 5. The van der Waals surface area contributed by atoms with Crippen molar-refractivity contribution in [1.29, 1.82) is 0 Å². The molecule has 2 amide bonds. The van der Waals surface area contributed by atoms with E-state index in [-0.39, 0.29) is 25.0 Å². The van der Waals surface area contributed by atoms with Crippen LogP contribution in [0.1, 0.15) is 23.2 Å². The van der Waals surface area contributed by atoms with Crippen molar-refractivity contribution in [2.24, 2.45) is 11.7 Å². The standard InChI is InChI=1S/C15H21N3O3/c16-15(21)12-5-1-2-6-13(12)17-14(20)9-18-7-3-4-11(8-18)10-19/h1-2,5-6,11,19H,3-4,7-10H2,(H2,16,21)(H,17,20). The summed E-state index contributed by atoms with van der Waals surface area (Å²) in [6, 6.07) is 6.68. The molecule has 1 saturated heterocycles. The van der Waals surface area contributed by atoms with Crippen LogP contribution in [-0.2, 0) is 4.79 Å². The zero-order chi connectivity index (χ0) is 15.2. The Hall–Kier alpha value is -1.92. The summed E-state index contributed by atoms with van der Waals surface area (Å²) in [6.07, 6.45) is 1.98. The van der Waals surface area contributed by atoms with Gasteiger partial charge in [0.25, 0.3) is 5.91 Å². The zero-order valence-corrected chi connectivity index (χ0v) is 11.9. The lowest BCUT2D eigenvalue weighted by Crippen LogP contribution is -2.41. The Bertz CT molecular complexity index is 519. The van der Waals surface area contributed by atoms with Gasteiger partial charge < -0.3 is 16.2 Å². The quantitative estimate of drug-likeness (QED) is 0.733. The monoisotopic (exact) mass is 291 g/mol. The topological polar surface area (TPSA) is 95.7 Å². The van der Waals surface area contributed by atoms with E-state index in [1.807, 2.05) is 4.90 Å². The number of likely N-dealkylation sites (tertiary alicyclic amines) is 1. The van der Waals surface area contributed by atoms with Crippen molar-refractivity contribution in [2.75, 3.05) is 31.6 Å². The van der Waals surface area contributed by atoms with Crippen LogP contribution in [0.5, 0.6) is 0 Å². The van der Waals surface area contributed by atoms with Crippen molar-refractivity contribution in [3.63, 3.8) is 0 Å². The van der Waals surface area contributed by atoms with E-state index < -0.39 is 5.91 Å². The number of aliphatic hydroxyl groups is 1. The van der Waals surface area contributed by atoms with Gasteiger partial charge in [-0.2, -0.15) is 0 Å². The predicted octanol–water partition coefficient (Wildman–Crippen LogP) is 0.428. The van der Waals surface area contributed by atoms with Crippen molar-refractivity contribution >= 4 is 17.5 Å². The molecule has 0 aliphatic carbocycles. The number of anilines is 1. The van der Waals surface area contributed by atoms with Gasteiger partial charge in [0.05, 0.1) is 17.8 Å². The predicted molar refractivity (Wildman–Crippen MR) is 79.8 cm³/mol. The molecule has 1 aromatic rings. The summed E-state index contributed by atoms with van der Waals surface area (Å²) in [6.45, 7) is 1.98. The van der Waals surface area contributed by atoms with Crippen LogP contribution in [-0.4, -0.2) is 48.1 Å². The Labute approximate surface area is 123 Å². The first-order chi connectivity index (χ1) is 10.1. The van der Waals surface area contributed by atoms with E-state index in [2.05, 4.69) is 5.32 Å². The third-order valence-corrected chi connectivity index (χ3v) is 3.70. The van der Waals surface area contributed by atoms with Crippen LogP contribution < -0.4 is 11.1 Å². The van der Waals surface area contributed by atoms with Gasteiger partial charge in [-0.3, -0.25) is 14.5 Å². The van der Waals surface area contributed by atoms with Crippen molar-refractivity contribution < 1.29 is 14.7 Å². The van der Waals surface area contributed by atoms with Gasteiger partial charge in [-0.15, -0.1) is 0 Å². The normalized spacial score (nSPS) is 19.2. The Morgan fingerprint density at radius 1 is 1.38 bits per heavy atom. The van der Waals surface area contributed by atoms with E-state index in [1.54, 1.807) is 24.3 Å². The first-order valence-electron chi connectivity index (χ1n) is 7.12. The third kappa shape index (κ3) is 4.27. The summed E-state index contributed by atoms with van der Waals surface area (Å²) in [5.41, 5.74) is 6.02. The first kappa shape index (κ1) is 15.5. The number of para-hydroxylation sites is 1. The number of amides is 2. The fraction of sp³-hybridized carbons (Fsp3) is 0.467. The maximum Gasteiger partial charge on any atom is 0.250 e. The average molecular weight is 291 g/mol. The number of hydrogen-bond acceptors (Lipinski definition) is 4. The van der Waals surface area contributed by atoms with E-state index in [0.717, 1.165) is 25.9 Å². The number of aliphatic hydroxyl groups excluding tert-OH is 1. The number of carbonyl (C=O) groups is 2. The fourth-order valence-electron chi connectivity index (χ4n) is 2.64. The largest absolute Gasteiger partial charge is 0.396 e. The summed E-state index contributed by atoms with van der Waals surface area (Å²) >= 11 is 0. The Morgan fingerprint density at radius 2 is 2.14 bits per heavy atom. The molecule has 2 rings (SSSR count). The van der Waals surface area contributed by atoms with Crippen molar-refractivity contribution in [2.45, 2.75) is 12.8 Å². The maximum absolute atomic E-state index is 12.1. The molecule has 114 valence electrons. The summed E-state index contributed by atoms with van der Waals surface area (Å²) in [5.74, 6) is -0.504. The van der Waals surface area contributed by atoms with Crippen LogP contribution in [0, 0.1) is 5.92 Å². The first-order valence-corrected chi connectivity index (χ1v) is 7.12. The zero-order valence-electron chi connectivity index (χ0n) is 11.9. The second-order valence-electron chi connectivity index (χ2n) is 5.38. The van der Waals surface area contributed by atoms with Gasteiger partial charge in [0.2, 0.25) is 5.91 Å². The van der Waals surface area contributed by atoms with E-state index in [4.69, 9.17) is 5.73 Å². The molecule has 0 saturated carbocycles. The highest BCUT2D eigenvalue weighted by molar-refractivity contribution is 6.03. The van der Waals surface area contributed by atoms with Gasteiger partial charge in [0, 0.05) is 13.2 Å². The lowest BCUT2D eigenvalue weighted by molar-refractivity contribution is -0.117. The molecule has 0 radical (unpaired) electrons. The number of benzene rings is 1. The Balaban J connectivity index is 1.94. The molecule has 6 nitrogen and oxygen atoms in total. The lowest BCUT2D eigenvalue weighted by Gasteiger charge is -2.31. The lowest BCUT2D eigenvalue weighted by atomic mass is 9.99. The molecule has 1 unspecified atom stereocenters. The molecule has 1 aliphatic rings. The molecule has 4 N–H and O–H groups in total. The fourth-order valence-corrected chi connectivity index (χ4v) is 2.64. The molecule has 1 heterocycles. The molecule has 0 bridgehead atoms. The molecule has 0 aromatic heterocycles. The third-order valence-electron chi connectivity index (χ3n) is 3.70. The number of hydrogen-bond donors (Lipinski definition) is 3. The van der Waals surface area contributed by atoms with Gasteiger partial charge in [-0.05, 0) is 37.4 Å². The van der Waals surface area contributed by atoms with E-state index in [9.17, 15) is 14.7 Å². The van der Waals surface area contributed by atoms with E-state index in [1.165, 1.54) is 0 Å². The number of nitrogens with one attached hydrogen (secondary N) is 1. The van der Waals surface area contributed by atoms with Gasteiger partial charge in [-0.25, -0.2) is 0 Å². The molecule has 21 heavy (non-hydrogen) atoms. The van der Waals surface area contributed by atoms with Crippen LogP contribution in [0.3, 0.4) is 0 Å². The SMILES string of the molecule is NC(=O)c1ccccc1NC(=O)CN1CCCC(CO)C1. The molecule has 1 aromatic carbocycles. The molecule has 1 atom stereocenters. The second kappa shape index (κ2) is 7.19. The average Bonchev–Trinajstić information content (AvgIpc) is 2.47. The molecule has 0 spiro atoms. The highest BCUT2D eigenvalue weighted by Gasteiger charge is 2.21. The van der Waals surface area contributed by atoms with Crippen LogP contribution in [0.2, 0.25) is 0 Å². The number of carbonyl (C=O) groups excluding carboxylic acids is 2. The number of nitrogens with zero attached hydrogens (tertiary/aromatic N) is 1. The minimum atomic E-state index is -0.566. The molecule has 1 aliphatic heterocycles. The van der Waals surface area contributed by atoms with Crippen LogP contribution >= 0.6 is 0 Å². The number of nitrogens with two attached hydrogens (primary N) is 1. The van der Waals surface area contributed by atoms with Crippen LogP contribution in [0.4, 0.5) is 5.69 Å². The van der Waals surface area contributed by atoms with Crippen molar-refractivity contribution in [1.82, 2.24) is 4.90 Å². The highest BCUT2D eigenvalue weighted by atomic mass is 16.3. The summed E-state index contributed by atoms with van der Waals surface area (Å²) in [4.78, 5) is 25.4. The van der Waals surface area contributed by atoms with Crippen LogP contribution in [0.15, 0.2) is 24.3 Å². The van der Waals surface area contributed by atoms with Gasteiger partial charge in [-0.1, -0.05) is 12.1 Å². The van der Waals surface area contributed by atoms with Gasteiger partial charge in [0.15, 0.2) is 0 Å². The maximum atomic E-state index is 12.1. The van der Waals surface area contributed by atoms with Crippen molar-refractivity contribution in [3.8, 4) is 0 Å². The summed E-state index contributed by atoms with van der Waals surface area (Å²) < 4.78 is 0. The van der Waals surface area contributed by atoms with Gasteiger partial charge in [0.1, 0.15) is 0 Å². The van der Waals surface area contributed by atoms with Gasteiger partial charge >= 0.3 is 0 Å². The second-order valence-corrected chi connectivity index (χ2v) is 5.38. The molecular formula is C15H21N3O3. The smallest absolute Gasteiger partial charge is 0.250 e. The van der Waals surface area contributed by atoms with E-state index in [0.29, 0.717) is 11.3 Å². The minimum Gasteiger partial charge on any atom is -0.396 e. The van der Waals surface area contributed by atoms with Crippen molar-refractivity contribution in [3.05, 3.63) is 29.8 Å². The summed E-state index contributed by atoms with van der Waals surface area (Å²) in [5, 5.41) is 11.9. The molecule has 6 heteroatoms. The Morgan fingerprint density at radius 3 is 2.86 bits per heavy atom. The van der Waals surface area contributed by atoms with E-state index >= 15 is 0 Å². The minimum absolute atomic E-state index is 0.155. The summed E-state index contributed by atoms with van der Waals surface area (Å²) in [7, 11) is 0. The molecular weight excluding hydrogens is 270 g/mol.